The molecule has 6 heteroatoms. The zero-order chi connectivity index (χ0) is 16.1. The number of likely N-dealkylation sites (tertiary alicyclic amines) is 1. The van der Waals surface area contributed by atoms with E-state index in [4.69, 9.17) is 4.74 Å². The fraction of sp³-hybridized carbons (Fsp3) is 0.353. The first-order valence-corrected chi connectivity index (χ1v) is 8.51. The van der Waals surface area contributed by atoms with Gasteiger partial charge in [-0.15, -0.1) is 11.3 Å². The van der Waals surface area contributed by atoms with E-state index in [-0.39, 0.29) is 17.8 Å². The van der Waals surface area contributed by atoms with Gasteiger partial charge in [-0.05, 0) is 36.4 Å². The Morgan fingerprint density at radius 2 is 2.04 bits per heavy atom. The lowest BCUT2D eigenvalue weighted by Gasteiger charge is -2.30. The molecule has 0 N–H and O–H groups in total. The third-order valence-electron chi connectivity index (χ3n) is 3.94. The lowest BCUT2D eigenvalue weighted by atomic mass is 9.97. The first kappa shape index (κ1) is 15.7. The van der Waals surface area contributed by atoms with Crippen LogP contribution in [0.1, 0.15) is 28.2 Å². The summed E-state index contributed by atoms with van der Waals surface area (Å²) in [6.07, 6.45) is 2.89. The molecule has 23 heavy (non-hydrogen) atoms. The Balaban J connectivity index is 1.48. The first-order valence-electron chi connectivity index (χ1n) is 7.63. The second kappa shape index (κ2) is 7.37. The summed E-state index contributed by atoms with van der Waals surface area (Å²) in [5.41, 5.74) is 0.450. The highest BCUT2D eigenvalue weighted by Crippen LogP contribution is 2.21. The Morgan fingerprint density at radius 3 is 2.70 bits per heavy atom. The number of amides is 1. The van der Waals surface area contributed by atoms with Crippen molar-refractivity contribution in [1.29, 1.82) is 0 Å². The first-order chi connectivity index (χ1) is 11.2. The molecule has 1 fully saturated rings. The molecular weight excluding hydrogens is 312 g/mol. The van der Waals surface area contributed by atoms with Crippen LogP contribution >= 0.6 is 11.3 Å². The number of ether oxygens (including phenoxy) is 1. The van der Waals surface area contributed by atoms with Crippen molar-refractivity contribution in [1.82, 2.24) is 9.88 Å². The third-order valence-corrected chi connectivity index (χ3v) is 4.79. The SMILES string of the molecule is O=C(OCc1cccs1)C1CCN(C(=O)c2ccccn2)CC1. The van der Waals surface area contributed by atoms with Crippen LogP contribution < -0.4 is 0 Å². The number of rotatable bonds is 4. The number of thiophene rings is 1. The molecule has 0 saturated carbocycles. The third kappa shape index (κ3) is 3.96. The number of carbonyl (C=O) groups excluding carboxylic acids is 2. The second-order valence-corrected chi connectivity index (χ2v) is 6.50. The van der Waals surface area contributed by atoms with Crippen molar-refractivity contribution in [3.63, 3.8) is 0 Å². The number of piperidine rings is 1. The molecule has 2 aromatic heterocycles. The summed E-state index contributed by atoms with van der Waals surface area (Å²) >= 11 is 1.58. The monoisotopic (exact) mass is 330 g/mol. The zero-order valence-electron chi connectivity index (χ0n) is 12.7. The van der Waals surface area contributed by atoms with Gasteiger partial charge in [0.2, 0.25) is 0 Å². The van der Waals surface area contributed by atoms with Gasteiger partial charge in [0.1, 0.15) is 12.3 Å². The molecule has 5 nitrogen and oxygen atoms in total. The van der Waals surface area contributed by atoms with Crippen LogP contribution in [0, 0.1) is 5.92 Å². The van der Waals surface area contributed by atoms with Gasteiger partial charge in [-0.2, -0.15) is 0 Å². The Bertz CT molecular complexity index is 650. The Hall–Kier alpha value is -2.21. The number of hydrogen-bond donors (Lipinski definition) is 0. The Labute approximate surface area is 138 Å². The molecule has 0 bridgehead atoms. The highest BCUT2D eigenvalue weighted by molar-refractivity contribution is 7.09. The molecular formula is C17H18N2O3S. The van der Waals surface area contributed by atoms with Gasteiger partial charge in [0, 0.05) is 24.2 Å². The molecule has 0 atom stereocenters. The summed E-state index contributed by atoms with van der Waals surface area (Å²) in [5.74, 6) is -0.359. The molecule has 2 aromatic rings. The fourth-order valence-electron chi connectivity index (χ4n) is 2.62. The number of hydrogen-bond acceptors (Lipinski definition) is 5. The Kier molecular flexibility index (Phi) is 5.02. The van der Waals surface area contributed by atoms with Crippen LogP contribution in [0.15, 0.2) is 41.9 Å². The molecule has 120 valence electrons. The van der Waals surface area contributed by atoms with Crippen molar-refractivity contribution in [3.8, 4) is 0 Å². The van der Waals surface area contributed by atoms with Gasteiger partial charge in [-0.1, -0.05) is 12.1 Å². The van der Waals surface area contributed by atoms with Crippen LogP contribution in [-0.4, -0.2) is 34.8 Å². The molecule has 0 aromatic carbocycles. The van der Waals surface area contributed by atoms with E-state index in [2.05, 4.69) is 4.98 Å². The van der Waals surface area contributed by atoms with Gasteiger partial charge in [-0.25, -0.2) is 0 Å². The summed E-state index contributed by atoms with van der Waals surface area (Å²) in [5, 5.41) is 1.96. The van der Waals surface area contributed by atoms with E-state index in [0.29, 0.717) is 38.2 Å². The lowest BCUT2D eigenvalue weighted by Crippen LogP contribution is -2.40. The highest BCUT2D eigenvalue weighted by atomic mass is 32.1. The van der Waals surface area contributed by atoms with E-state index in [1.165, 1.54) is 0 Å². The molecule has 3 heterocycles. The van der Waals surface area contributed by atoms with E-state index in [9.17, 15) is 9.59 Å². The van der Waals surface area contributed by atoms with E-state index >= 15 is 0 Å². The normalized spacial score (nSPS) is 15.4. The molecule has 0 spiro atoms. The van der Waals surface area contributed by atoms with Gasteiger partial charge < -0.3 is 9.64 Å². The lowest BCUT2D eigenvalue weighted by molar-refractivity contribution is -0.151. The van der Waals surface area contributed by atoms with Gasteiger partial charge in [-0.3, -0.25) is 14.6 Å². The van der Waals surface area contributed by atoms with Crippen molar-refractivity contribution in [2.45, 2.75) is 19.4 Å². The maximum absolute atomic E-state index is 12.3. The number of nitrogens with zero attached hydrogens (tertiary/aromatic N) is 2. The van der Waals surface area contributed by atoms with Crippen molar-refractivity contribution < 1.29 is 14.3 Å². The molecule has 0 radical (unpaired) electrons. The average molecular weight is 330 g/mol. The summed E-state index contributed by atoms with van der Waals surface area (Å²) in [6.45, 7) is 1.46. The van der Waals surface area contributed by atoms with Gasteiger partial charge in [0.15, 0.2) is 0 Å². The van der Waals surface area contributed by atoms with E-state index in [1.807, 2.05) is 17.5 Å². The van der Waals surface area contributed by atoms with Crippen molar-refractivity contribution in [2.75, 3.05) is 13.1 Å². The second-order valence-electron chi connectivity index (χ2n) is 5.47. The maximum atomic E-state index is 12.3. The molecule has 0 unspecified atom stereocenters. The highest BCUT2D eigenvalue weighted by Gasteiger charge is 2.29. The van der Waals surface area contributed by atoms with Gasteiger partial charge in [0.25, 0.3) is 5.91 Å². The standard InChI is InChI=1S/C17H18N2O3S/c20-16(15-5-1-2-8-18-15)19-9-6-13(7-10-19)17(21)22-12-14-4-3-11-23-14/h1-5,8,11,13H,6-7,9-10,12H2. The number of aromatic nitrogens is 1. The van der Waals surface area contributed by atoms with E-state index in [0.717, 1.165) is 4.88 Å². The molecule has 1 amide bonds. The molecule has 1 saturated heterocycles. The Morgan fingerprint density at radius 1 is 1.22 bits per heavy atom. The van der Waals surface area contributed by atoms with Crippen LogP contribution in [0.25, 0.3) is 0 Å². The predicted molar refractivity (Wildman–Crippen MR) is 87.0 cm³/mol. The molecule has 0 aliphatic carbocycles. The summed E-state index contributed by atoms with van der Waals surface area (Å²) in [4.78, 5) is 31.3. The van der Waals surface area contributed by atoms with E-state index < -0.39 is 0 Å². The molecule has 1 aliphatic rings. The van der Waals surface area contributed by atoms with Crippen LogP contribution in [0.4, 0.5) is 0 Å². The summed E-state index contributed by atoms with van der Waals surface area (Å²) in [6, 6.07) is 9.19. The van der Waals surface area contributed by atoms with Crippen LogP contribution in [0.2, 0.25) is 0 Å². The molecule has 1 aliphatic heterocycles. The zero-order valence-corrected chi connectivity index (χ0v) is 13.5. The predicted octanol–water partition coefficient (Wildman–Crippen LogP) is 2.74. The molecule has 3 rings (SSSR count). The fourth-order valence-corrected chi connectivity index (χ4v) is 3.24. The average Bonchev–Trinajstić information content (AvgIpc) is 3.13. The maximum Gasteiger partial charge on any atom is 0.309 e. The van der Waals surface area contributed by atoms with Gasteiger partial charge in [0.05, 0.1) is 5.92 Å². The summed E-state index contributed by atoms with van der Waals surface area (Å²) in [7, 11) is 0. The van der Waals surface area contributed by atoms with Crippen molar-refractivity contribution in [2.24, 2.45) is 5.92 Å². The van der Waals surface area contributed by atoms with Crippen LogP contribution in [-0.2, 0) is 16.1 Å². The largest absolute Gasteiger partial charge is 0.460 e. The smallest absolute Gasteiger partial charge is 0.309 e. The van der Waals surface area contributed by atoms with Crippen LogP contribution in [0.5, 0.6) is 0 Å². The van der Waals surface area contributed by atoms with Gasteiger partial charge >= 0.3 is 5.97 Å². The van der Waals surface area contributed by atoms with Crippen molar-refractivity contribution >= 4 is 23.2 Å². The quantitative estimate of drug-likeness (QED) is 0.809. The minimum absolute atomic E-state index is 0.0731. The number of esters is 1. The minimum Gasteiger partial charge on any atom is -0.460 e. The minimum atomic E-state index is -0.164. The van der Waals surface area contributed by atoms with E-state index in [1.54, 1.807) is 40.6 Å². The topological polar surface area (TPSA) is 59.5 Å². The van der Waals surface area contributed by atoms with Crippen molar-refractivity contribution in [3.05, 3.63) is 52.5 Å². The number of pyridine rings is 1. The number of carbonyl (C=O) groups is 2. The van der Waals surface area contributed by atoms with Crippen LogP contribution in [0.3, 0.4) is 0 Å². The summed E-state index contributed by atoms with van der Waals surface area (Å²) < 4.78 is 5.36.